The SMILES string of the molecule is CCOC(=O)COCCNC.Cl. The van der Waals surface area contributed by atoms with E-state index in [4.69, 9.17) is 4.74 Å². The number of carbonyl (C=O) groups excluding carboxylic acids is 1. The molecular formula is C7H16ClNO3. The molecule has 0 spiro atoms. The number of rotatable bonds is 6. The van der Waals surface area contributed by atoms with Crippen molar-refractivity contribution in [3.05, 3.63) is 0 Å². The Kier molecular flexibility index (Phi) is 12.7. The van der Waals surface area contributed by atoms with Crippen LogP contribution in [-0.2, 0) is 14.3 Å². The maximum Gasteiger partial charge on any atom is 0.332 e. The topological polar surface area (TPSA) is 47.6 Å². The van der Waals surface area contributed by atoms with Crippen LogP contribution >= 0.6 is 12.4 Å². The minimum Gasteiger partial charge on any atom is -0.464 e. The molecule has 0 aromatic carbocycles. The van der Waals surface area contributed by atoms with Crippen molar-refractivity contribution in [2.75, 3.05) is 33.4 Å². The maximum atomic E-state index is 10.6. The lowest BCUT2D eigenvalue weighted by Crippen LogP contribution is -2.18. The van der Waals surface area contributed by atoms with E-state index >= 15 is 0 Å². The monoisotopic (exact) mass is 197 g/mol. The van der Waals surface area contributed by atoms with E-state index in [0.29, 0.717) is 13.2 Å². The lowest BCUT2D eigenvalue weighted by atomic mass is 10.6. The van der Waals surface area contributed by atoms with Gasteiger partial charge in [0, 0.05) is 6.54 Å². The van der Waals surface area contributed by atoms with Gasteiger partial charge in [-0.05, 0) is 14.0 Å². The summed E-state index contributed by atoms with van der Waals surface area (Å²) < 4.78 is 9.59. The minimum atomic E-state index is -0.302. The van der Waals surface area contributed by atoms with Gasteiger partial charge in [-0.15, -0.1) is 12.4 Å². The molecule has 0 rings (SSSR count). The van der Waals surface area contributed by atoms with Gasteiger partial charge in [-0.25, -0.2) is 4.79 Å². The normalized spacial score (nSPS) is 8.83. The molecule has 12 heavy (non-hydrogen) atoms. The molecule has 0 aliphatic rings. The van der Waals surface area contributed by atoms with Crippen molar-refractivity contribution >= 4 is 18.4 Å². The summed E-state index contributed by atoms with van der Waals surface area (Å²) in [6.07, 6.45) is 0. The van der Waals surface area contributed by atoms with E-state index in [1.165, 1.54) is 0 Å². The van der Waals surface area contributed by atoms with Crippen molar-refractivity contribution in [3.8, 4) is 0 Å². The molecule has 0 radical (unpaired) electrons. The molecule has 0 atom stereocenters. The predicted molar refractivity (Wildman–Crippen MR) is 48.6 cm³/mol. The van der Waals surface area contributed by atoms with Crippen LogP contribution in [0.3, 0.4) is 0 Å². The summed E-state index contributed by atoms with van der Waals surface area (Å²) in [6.45, 7) is 3.52. The van der Waals surface area contributed by atoms with Gasteiger partial charge in [-0.1, -0.05) is 0 Å². The average molecular weight is 198 g/mol. The summed E-state index contributed by atoms with van der Waals surface area (Å²) in [5.74, 6) is -0.302. The van der Waals surface area contributed by atoms with Gasteiger partial charge in [-0.2, -0.15) is 0 Å². The van der Waals surface area contributed by atoms with Crippen LogP contribution in [0.1, 0.15) is 6.92 Å². The summed E-state index contributed by atoms with van der Waals surface area (Å²) in [4.78, 5) is 10.6. The number of hydrogen-bond donors (Lipinski definition) is 1. The van der Waals surface area contributed by atoms with Crippen LogP contribution in [0.4, 0.5) is 0 Å². The Morgan fingerprint density at radius 1 is 1.50 bits per heavy atom. The highest BCUT2D eigenvalue weighted by atomic mass is 35.5. The Hall–Kier alpha value is -0.320. The second kappa shape index (κ2) is 10.7. The van der Waals surface area contributed by atoms with Gasteiger partial charge in [0.1, 0.15) is 6.61 Å². The van der Waals surface area contributed by atoms with E-state index < -0.39 is 0 Å². The third kappa shape index (κ3) is 9.68. The number of likely N-dealkylation sites (N-methyl/N-ethyl adjacent to an activating group) is 1. The Labute approximate surface area is 79.0 Å². The molecule has 0 saturated heterocycles. The number of carbonyl (C=O) groups is 1. The standard InChI is InChI=1S/C7H15NO3.ClH/c1-3-11-7(9)6-10-5-4-8-2;/h8H,3-6H2,1-2H3;1H. The summed E-state index contributed by atoms with van der Waals surface area (Å²) in [5.41, 5.74) is 0. The van der Waals surface area contributed by atoms with Crippen molar-refractivity contribution in [2.24, 2.45) is 0 Å². The average Bonchev–Trinajstić information content (AvgIpc) is 1.99. The van der Waals surface area contributed by atoms with Crippen LogP contribution in [0.5, 0.6) is 0 Å². The van der Waals surface area contributed by atoms with Crippen LogP contribution in [-0.4, -0.2) is 39.4 Å². The van der Waals surface area contributed by atoms with Crippen molar-refractivity contribution in [3.63, 3.8) is 0 Å². The smallest absolute Gasteiger partial charge is 0.332 e. The highest BCUT2D eigenvalue weighted by Crippen LogP contribution is 1.79. The zero-order chi connectivity index (χ0) is 8.53. The molecular weight excluding hydrogens is 182 g/mol. The van der Waals surface area contributed by atoms with Crippen molar-refractivity contribution in [2.45, 2.75) is 6.92 Å². The van der Waals surface area contributed by atoms with Gasteiger partial charge in [0.25, 0.3) is 0 Å². The van der Waals surface area contributed by atoms with Gasteiger partial charge >= 0.3 is 5.97 Å². The summed E-state index contributed by atoms with van der Waals surface area (Å²) >= 11 is 0. The number of nitrogens with one attached hydrogen (secondary N) is 1. The fourth-order valence-corrected chi connectivity index (χ4v) is 0.532. The molecule has 0 aliphatic heterocycles. The minimum absolute atomic E-state index is 0. The second-order valence-electron chi connectivity index (χ2n) is 1.96. The van der Waals surface area contributed by atoms with Crippen molar-refractivity contribution < 1.29 is 14.3 Å². The molecule has 0 saturated carbocycles. The highest BCUT2D eigenvalue weighted by molar-refractivity contribution is 5.85. The molecule has 0 aliphatic carbocycles. The summed E-state index contributed by atoms with van der Waals surface area (Å²) in [7, 11) is 1.83. The van der Waals surface area contributed by atoms with E-state index in [1.807, 2.05) is 7.05 Å². The van der Waals surface area contributed by atoms with Crippen LogP contribution < -0.4 is 5.32 Å². The molecule has 0 heterocycles. The predicted octanol–water partition coefficient (Wildman–Crippen LogP) is 0.207. The molecule has 4 nitrogen and oxygen atoms in total. The first kappa shape index (κ1) is 14.2. The quantitative estimate of drug-likeness (QED) is 0.489. The van der Waals surface area contributed by atoms with Crippen molar-refractivity contribution in [1.82, 2.24) is 5.32 Å². The number of ether oxygens (including phenoxy) is 2. The van der Waals surface area contributed by atoms with E-state index in [9.17, 15) is 4.79 Å². The Bertz CT molecular complexity index is 111. The van der Waals surface area contributed by atoms with Gasteiger partial charge in [0.2, 0.25) is 0 Å². The maximum absolute atomic E-state index is 10.6. The van der Waals surface area contributed by atoms with Gasteiger partial charge in [-0.3, -0.25) is 0 Å². The lowest BCUT2D eigenvalue weighted by molar-refractivity contribution is -0.148. The number of halogens is 1. The molecule has 0 bridgehead atoms. The molecule has 1 N–H and O–H groups in total. The molecule has 74 valence electrons. The van der Waals surface area contributed by atoms with Crippen molar-refractivity contribution in [1.29, 1.82) is 0 Å². The van der Waals surface area contributed by atoms with E-state index in [-0.39, 0.29) is 25.0 Å². The Morgan fingerprint density at radius 2 is 2.17 bits per heavy atom. The highest BCUT2D eigenvalue weighted by Gasteiger charge is 1.99. The van der Waals surface area contributed by atoms with Gasteiger partial charge in [0.05, 0.1) is 13.2 Å². The fraction of sp³-hybridized carbons (Fsp3) is 0.857. The van der Waals surface area contributed by atoms with Gasteiger partial charge < -0.3 is 14.8 Å². The fourth-order valence-electron chi connectivity index (χ4n) is 0.532. The number of esters is 1. The third-order valence-electron chi connectivity index (χ3n) is 1.02. The van der Waals surface area contributed by atoms with Gasteiger partial charge in [0.15, 0.2) is 0 Å². The first-order valence-corrected chi connectivity index (χ1v) is 3.69. The van der Waals surface area contributed by atoms with E-state index in [0.717, 1.165) is 6.54 Å². The van der Waals surface area contributed by atoms with Crippen LogP contribution in [0, 0.1) is 0 Å². The number of hydrogen-bond acceptors (Lipinski definition) is 4. The Balaban J connectivity index is 0. The Morgan fingerprint density at radius 3 is 2.67 bits per heavy atom. The zero-order valence-electron chi connectivity index (χ0n) is 7.46. The molecule has 0 unspecified atom stereocenters. The first-order chi connectivity index (χ1) is 5.31. The zero-order valence-corrected chi connectivity index (χ0v) is 8.28. The van der Waals surface area contributed by atoms with E-state index in [1.54, 1.807) is 6.92 Å². The lowest BCUT2D eigenvalue weighted by Gasteiger charge is -2.02. The summed E-state index contributed by atoms with van der Waals surface area (Å²) in [5, 5.41) is 2.90. The van der Waals surface area contributed by atoms with E-state index in [2.05, 4.69) is 10.1 Å². The first-order valence-electron chi connectivity index (χ1n) is 3.69. The molecule has 0 amide bonds. The van der Waals surface area contributed by atoms with Crippen LogP contribution in [0.2, 0.25) is 0 Å². The second-order valence-corrected chi connectivity index (χ2v) is 1.96. The molecule has 0 aromatic heterocycles. The van der Waals surface area contributed by atoms with Crippen LogP contribution in [0.15, 0.2) is 0 Å². The molecule has 0 fully saturated rings. The van der Waals surface area contributed by atoms with Crippen LogP contribution in [0.25, 0.3) is 0 Å². The largest absolute Gasteiger partial charge is 0.464 e. The summed E-state index contributed by atoms with van der Waals surface area (Å²) in [6, 6.07) is 0. The third-order valence-corrected chi connectivity index (χ3v) is 1.02. The molecule has 5 heteroatoms. The molecule has 0 aromatic rings.